The molecular weight excluding hydrogens is 456 g/mol. The highest BCUT2D eigenvalue weighted by Gasteiger charge is 2.14. The summed E-state index contributed by atoms with van der Waals surface area (Å²) in [5, 5.41) is 4.01. The molecule has 7 heteroatoms. The number of pyridine rings is 2. The van der Waals surface area contributed by atoms with Crippen LogP contribution in [-0.2, 0) is 4.74 Å². The van der Waals surface area contributed by atoms with E-state index >= 15 is 0 Å². The Morgan fingerprint density at radius 2 is 1.94 bits per heavy atom. The van der Waals surface area contributed by atoms with E-state index in [9.17, 15) is 4.79 Å². The number of aromatic nitrogens is 2. The summed E-state index contributed by atoms with van der Waals surface area (Å²) >= 11 is 1.73. The standard InChI is InChI=1S/C25H22N4O2S.C3H6/c1-17-2-6-20(14-22(17)24-9-5-19-15-26-11-10-23(19)28-24)27-25(30)18-3-7-21(8-4-18)29-16-31-12-13-32-29;1-3-2/h2-11,14-15H,12-13,16H2,1H3,(H,27,30);3H,1H2,2H3. The Balaban J connectivity index is 0.000000917. The van der Waals surface area contributed by atoms with Gasteiger partial charge in [-0.25, -0.2) is 4.98 Å². The first-order valence-electron chi connectivity index (χ1n) is 11.4. The van der Waals surface area contributed by atoms with E-state index in [0.29, 0.717) is 12.3 Å². The van der Waals surface area contributed by atoms with Gasteiger partial charge in [0.25, 0.3) is 5.91 Å². The van der Waals surface area contributed by atoms with Crippen molar-refractivity contribution < 1.29 is 9.53 Å². The van der Waals surface area contributed by atoms with Gasteiger partial charge in [0.2, 0.25) is 0 Å². The number of rotatable bonds is 4. The maximum absolute atomic E-state index is 12.8. The molecule has 0 spiro atoms. The third kappa shape index (κ3) is 6.07. The van der Waals surface area contributed by atoms with Gasteiger partial charge in [0.1, 0.15) is 6.73 Å². The Hall–Kier alpha value is -3.68. The highest BCUT2D eigenvalue weighted by atomic mass is 32.2. The zero-order valence-corrected chi connectivity index (χ0v) is 20.7. The van der Waals surface area contributed by atoms with E-state index < -0.39 is 0 Å². The number of anilines is 2. The molecule has 178 valence electrons. The van der Waals surface area contributed by atoms with Crippen LogP contribution in [0.4, 0.5) is 11.4 Å². The summed E-state index contributed by atoms with van der Waals surface area (Å²) in [5.41, 5.74) is 6.20. The van der Waals surface area contributed by atoms with E-state index in [0.717, 1.165) is 51.5 Å². The van der Waals surface area contributed by atoms with Crippen LogP contribution in [0.2, 0.25) is 0 Å². The molecule has 35 heavy (non-hydrogen) atoms. The van der Waals surface area contributed by atoms with Gasteiger partial charge in [-0.15, -0.1) is 6.58 Å². The Morgan fingerprint density at radius 3 is 2.69 bits per heavy atom. The lowest BCUT2D eigenvalue weighted by molar-refractivity contribution is 0.102. The molecule has 1 fully saturated rings. The molecule has 0 unspecified atom stereocenters. The second-order valence-electron chi connectivity index (χ2n) is 7.95. The lowest BCUT2D eigenvalue weighted by Gasteiger charge is -2.27. The number of hydrogen-bond acceptors (Lipinski definition) is 6. The molecular formula is C28H28N4O2S. The number of carbonyl (C=O) groups excluding carboxylic acids is 1. The molecule has 1 aliphatic heterocycles. The first-order chi connectivity index (χ1) is 17.1. The van der Waals surface area contributed by atoms with Gasteiger partial charge < -0.3 is 10.1 Å². The largest absolute Gasteiger partial charge is 0.359 e. The molecule has 2 aromatic carbocycles. The Bertz CT molecular complexity index is 1320. The topological polar surface area (TPSA) is 67.4 Å². The molecule has 1 saturated heterocycles. The quantitative estimate of drug-likeness (QED) is 0.264. The molecule has 0 atom stereocenters. The Morgan fingerprint density at radius 1 is 1.14 bits per heavy atom. The fourth-order valence-corrected chi connectivity index (χ4v) is 4.45. The van der Waals surface area contributed by atoms with Crippen molar-refractivity contribution in [3.8, 4) is 11.3 Å². The fraction of sp³-hybridized carbons (Fsp3) is 0.179. The van der Waals surface area contributed by atoms with E-state index in [2.05, 4.69) is 21.2 Å². The van der Waals surface area contributed by atoms with E-state index in [4.69, 9.17) is 9.72 Å². The lowest BCUT2D eigenvalue weighted by Crippen LogP contribution is -2.25. The molecule has 1 N–H and O–H groups in total. The van der Waals surface area contributed by atoms with E-state index in [1.165, 1.54) is 0 Å². The van der Waals surface area contributed by atoms with Crippen LogP contribution < -0.4 is 9.62 Å². The fourth-order valence-electron chi connectivity index (χ4n) is 3.61. The van der Waals surface area contributed by atoms with Crippen LogP contribution in [0.3, 0.4) is 0 Å². The maximum atomic E-state index is 12.8. The molecule has 0 saturated carbocycles. The van der Waals surface area contributed by atoms with Crippen LogP contribution in [0.25, 0.3) is 22.2 Å². The Kier molecular flexibility index (Phi) is 8.13. The van der Waals surface area contributed by atoms with Crippen molar-refractivity contribution in [3.63, 3.8) is 0 Å². The first-order valence-corrected chi connectivity index (χ1v) is 12.3. The van der Waals surface area contributed by atoms with E-state index in [1.54, 1.807) is 30.4 Å². The minimum Gasteiger partial charge on any atom is -0.359 e. The Labute approximate surface area is 210 Å². The van der Waals surface area contributed by atoms with Gasteiger partial charge in [-0.1, -0.05) is 12.1 Å². The SMILES string of the molecule is C=CC.Cc1ccc(NC(=O)c2ccc(N3COCCS3)cc2)cc1-c1ccc2cnccc2n1. The summed E-state index contributed by atoms with van der Waals surface area (Å²) in [4.78, 5) is 21.7. The van der Waals surface area contributed by atoms with Gasteiger partial charge in [0.15, 0.2) is 0 Å². The summed E-state index contributed by atoms with van der Waals surface area (Å²) in [6.07, 6.45) is 5.29. The van der Waals surface area contributed by atoms with Crippen molar-refractivity contribution in [2.75, 3.05) is 28.7 Å². The lowest BCUT2D eigenvalue weighted by atomic mass is 10.0. The first kappa shape index (κ1) is 24.4. The van der Waals surface area contributed by atoms with E-state index in [1.807, 2.05) is 74.5 Å². The van der Waals surface area contributed by atoms with Crippen LogP contribution in [0.5, 0.6) is 0 Å². The maximum Gasteiger partial charge on any atom is 0.255 e. The highest BCUT2D eigenvalue weighted by molar-refractivity contribution is 8.00. The van der Waals surface area contributed by atoms with Crippen LogP contribution in [0, 0.1) is 6.92 Å². The van der Waals surface area contributed by atoms with Crippen LogP contribution in [0.15, 0.2) is 85.7 Å². The molecule has 1 aliphatic rings. The highest BCUT2D eigenvalue weighted by Crippen LogP contribution is 2.28. The van der Waals surface area contributed by atoms with Crippen molar-refractivity contribution >= 4 is 40.1 Å². The van der Waals surface area contributed by atoms with Crippen molar-refractivity contribution in [2.45, 2.75) is 13.8 Å². The van der Waals surface area contributed by atoms with Crippen molar-refractivity contribution in [3.05, 3.63) is 96.8 Å². The number of amides is 1. The molecule has 3 heterocycles. The number of nitrogens with zero attached hydrogens (tertiary/aromatic N) is 3. The average molecular weight is 485 g/mol. The van der Waals surface area contributed by atoms with Crippen LogP contribution in [0.1, 0.15) is 22.8 Å². The third-order valence-electron chi connectivity index (χ3n) is 5.36. The smallest absolute Gasteiger partial charge is 0.255 e. The summed E-state index contributed by atoms with van der Waals surface area (Å²) in [7, 11) is 0. The molecule has 0 bridgehead atoms. The molecule has 0 radical (unpaired) electrons. The summed E-state index contributed by atoms with van der Waals surface area (Å²) in [6.45, 7) is 8.62. The minimum absolute atomic E-state index is 0.147. The van der Waals surface area contributed by atoms with Gasteiger partial charge in [-0.2, -0.15) is 0 Å². The normalized spacial score (nSPS) is 13.0. The van der Waals surface area contributed by atoms with Crippen molar-refractivity contribution in [1.82, 2.24) is 9.97 Å². The number of benzene rings is 2. The monoisotopic (exact) mass is 484 g/mol. The summed E-state index contributed by atoms with van der Waals surface area (Å²) in [5.74, 6) is 0.785. The zero-order chi connectivity index (χ0) is 24.6. The third-order valence-corrected chi connectivity index (χ3v) is 6.34. The van der Waals surface area contributed by atoms with Gasteiger partial charge in [0.05, 0.1) is 17.8 Å². The molecule has 2 aromatic heterocycles. The number of fused-ring (bicyclic) bond motifs is 1. The van der Waals surface area contributed by atoms with Crippen molar-refractivity contribution in [2.24, 2.45) is 0 Å². The van der Waals surface area contributed by atoms with Crippen LogP contribution >= 0.6 is 11.9 Å². The van der Waals surface area contributed by atoms with E-state index in [-0.39, 0.29) is 5.91 Å². The molecule has 5 rings (SSSR count). The number of hydrogen-bond donors (Lipinski definition) is 1. The van der Waals surface area contributed by atoms with Gasteiger partial charge >= 0.3 is 0 Å². The number of allylic oxidation sites excluding steroid dienone is 1. The number of nitrogens with one attached hydrogen (secondary N) is 1. The van der Waals surface area contributed by atoms with Gasteiger partial charge in [-0.3, -0.25) is 14.1 Å². The van der Waals surface area contributed by atoms with Crippen LogP contribution in [-0.4, -0.2) is 35.0 Å². The van der Waals surface area contributed by atoms with Gasteiger partial charge in [-0.05, 0) is 86.0 Å². The number of ether oxygens (including phenoxy) is 1. The molecule has 1 amide bonds. The summed E-state index contributed by atoms with van der Waals surface area (Å²) in [6, 6.07) is 19.4. The molecule has 6 nitrogen and oxygen atoms in total. The minimum atomic E-state index is -0.147. The molecule has 0 aliphatic carbocycles. The predicted octanol–water partition coefficient (Wildman–Crippen LogP) is 6.49. The number of aryl methyl sites for hydroxylation is 1. The second kappa shape index (κ2) is 11.6. The molecule has 4 aromatic rings. The predicted molar refractivity (Wildman–Crippen MR) is 146 cm³/mol. The van der Waals surface area contributed by atoms with Crippen molar-refractivity contribution in [1.29, 1.82) is 0 Å². The van der Waals surface area contributed by atoms with Gasteiger partial charge in [0, 0.05) is 46.0 Å². The zero-order valence-electron chi connectivity index (χ0n) is 19.9. The summed E-state index contributed by atoms with van der Waals surface area (Å²) < 4.78 is 7.58. The number of carbonyl (C=O) groups is 1. The average Bonchev–Trinajstić information content (AvgIpc) is 2.90. The second-order valence-corrected chi connectivity index (χ2v) is 9.06.